The third-order valence-corrected chi connectivity index (χ3v) is 7.11. The third-order valence-electron chi connectivity index (χ3n) is 5.63. The van der Waals surface area contributed by atoms with Crippen LogP contribution in [0.2, 0.25) is 0 Å². The molecule has 2 aromatic carbocycles. The maximum atomic E-state index is 12.5. The van der Waals surface area contributed by atoms with Crippen LogP contribution in [-0.2, 0) is 14.8 Å². The number of piperidine rings is 1. The fourth-order valence-electron chi connectivity index (χ4n) is 3.73. The predicted octanol–water partition coefficient (Wildman–Crippen LogP) is 3.12. The summed E-state index contributed by atoms with van der Waals surface area (Å²) in [5.41, 5.74) is 1.89. The van der Waals surface area contributed by atoms with E-state index >= 15 is 0 Å². The molecule has 32 heavy (non-hydrogen) atoms. The van der Waals surface area contributed by atoms with Crippen molar-refractivity contribution in [1.29, 1.82) is 0 Å². The van der Waals surface area contributed by atoms with E-state index in [1.54, 1.807) is 29.2 Å². The van der Waals surface area contributed by atoms with Gasteiger partial charge in [0.2, 0.25) is 27.6 Å². The van der Waals surface area contributed by atoms with Crippen LogP contribution in [0.15, 0.2) is 64.0 Å². The summed E-state index contributed by atoms with van der Waals surface area (Å²) in [6, 6.07) is 16.3. The lowest BCUT2D eigenvalue weighted by molar-refractivity contribution is -0.132. The standard InChI is InChI=1S/C23H26N4O4S/c1-17-7-9-20(10-8-17)32(29,30)24-14-11-21(28)27-15-12-19(13-16-27)23-25-22(26-31-23)18-5-3-2-4-6-18/h2-10,19,24H,11-16H2,1H3. The number of amides is 1. The van der Waals surface area contributed by atoms with E-state index in [1.165, 1.54) is 0 Å². The first kappa shape index (κ1) is 22.2. The molecule has 1 aliphatic rings. The highest BCUT2D eigenvalue weighted by Gasteiger charge is 2.27. The van der Waals surface area contributed by atoms with Gasteiger partial charge in [0.05, 0.1) is 4.90 Å². The molecule has 0 atom stereocenters. The Bertz CT molecular complexity index is 1150. The van der Waals surface area contributed by atoms with Crippen LogP contribution in [0.4, 0.5) is 0 Å². The number of aromatic nitrogens is 2. The SMILES string of the molecule is Cc1ccc(S(=O)(=O)NCCC(=O)N2CCC(c3nc(-c4ccccc4)no3)CC2)cc1. The first-order chi connectivity index (χ1) is 15.4. The monoisotopic (exact) mass is 454 g/mol. The zero-order chi connectivity index (χ0) is 22.6. The lowest BCUT2D eigenvalue weighted by Crippen LogP contribution is -2.39. The number of carbonyl (C=O) groups excluding carboxylic acids is 1. The van der Waals surface area contributed by atoms with Crippen LogP contribution < -0.4 is 4.72 Å². The molecule has 1 aromatic heterocycles. The van der Waals surface area contributed by atoms with E-state index in [0.717, 1.165) is 24.0 Å². The Kier molecular flexibility index (Phi) is 6.66. The second-order valence-corrected chi connectivity index (χ2v) is 9.71. The second-order valence-electron chi connectivity index (χ2n) is 7.94. The highest BCUT2D eigenvalue weighted by molar-refractivity contribution is 7.89. The van der Waals surface area contributed by atoms with Gasteiger partial charge < -0.3 is 9.42 Å². The minimum Gasteiger partial charge on any atom is -0.343 e. The first-order valence-corrected chi connectivity index (χ1v) is 12.1. The molecule has 0 unspecified atom stereocenters. The highest BCUT2D eigenvalue weighted by atomic mass is 32.2. The van der Waals surface area contributed by atoms with Gasteiger partial charge in [0, 0.05) is 37.5 Å². The zero-order valence-corrected chi connectivity index (χ0v) is 18.7. The number of nitrogens with zero attached hydrogens (tertiary/aromatic N) is 3. The van der Waals surface area contributed by atoms with Gasteiger partial charge in [0.25, 0.3) is 0 Å². The van der Waals surface area contributed by atoms with Crippen molar-refractivity contribution in [1.82, 2.24) is 19.8 Å². The molecule has 1 saturated heterocycles. The number of sulfonamides is 1. The first-order valence-electron chi connectivity index (χ1n) is 10.7. The summed E-state index contributed by atoms with van der Waals surface area (Å²) in [6.45, 7) is 3.12. The summed E-state index contributed by atoms with van der Waals surface area (Å²) in [5, 5.41) is 4.08. The van der Waals surface area contributed by atoms with Crippen LogP contribution in [0.25, 0.3) is 11.4 Å². The molecule has 0 radical (unpaired) electrons. The number of hydrogen-bond donors (Lipinski definition) is 1. The van der Waals surface area contributed by atoms with E-state index in [0.29, 0.717) is 24.8 Å². The number of aryl methyl sites for hydroxylation is 1. The topological polar surface area (TPSA) is 105 Å². The van der Waals surface area contributed by atoms with Gasteiger partial charge in [-0.25, -0.2) is 13.1 Å². The van der Waals surface area contributed by atoms with Gasteiger partial charge in [0.15, 0.2) is 0 Å². The van der Waals surface area contributed by atoms with Crippen molar-refractivity contribution in [3.63, 3.8) is 0 Å². The van der Waals surface area contributed by atoms with Gasteiger partial charge in [-0.2, -0.15) is 4.98 Å². The Morgan fingerprint density at radius 1 is 1.09 bits per heavy atom. The summed E-state index contributed by atoms with van der Waals surface area (Å²) >= 11 is 0. The van der Waals surface area contributed by atoms with Gasteiger partial charge in [-0.1, -0.05) is 53.2 Å². The van der Waals surface area contributed by atoms with Crippen molar-refractivity contribution in [3.8, 4) is 11.4 Å². The van der Waals surface area contributed by atoms with Crippen LogP contribution in [0.3, 0.4) is 0 Å². The quantitative estimate of drug-likeness (QED) is 0.588. The molecule has 0 bridgehead atoms. The molecule has 0 aliphatic carbocycles. The van der Waals surface area contributed by atoms with Crippen molar-refractivity contribution in [2.75, 3.05) is 19.6 Å². The van der Waals surface area contributed by atoms with Gasteiger partial charge in [-0.3, -0.25) is 4.79 Å². The van der Waals surface area contributed by atoms with E-state index in [1.807, 2.05) is 37.3 Å². The van der Waals surface area contributed by atoms with Gasteiger partial charge >= 0.3 is 0 Å². The Hall–Kier alpha value is -3.04. The zero-order valence-electron chi connectivity index (χ0n) is 17.9. The maximum Gasteiger partial charge on any atom is 0.240 e. The summed E-state index contributed by atoms with van der Waals surface area (Å²) in [4.78, 5) is 19.0. The van der Waals surface area contributed by atoms with Gasteiger partial charge in [0.1, 0.15) is 0 Å². The molecular weight excluding hydrogens is 428 g/mol. The molecule has 1 aliphatic heterocycles. The Labute approximate surface area is 187 Å². The smallest absolute Gasteiger partial charge is 0.240 e. The normalized spacial score (nSPS) is 15.1. The van der Waals surface area contributed by atoms with E-state index < -0.39 is 10.0 Å². The van der Waals surface area contributed by atoms with Crippen molar-refractivity contribution in [3.05, 3.63) is 66.1 Å². The molecule has 9 heteroatoms. The lowest BCUT2D eigenvalue weighted by atomic mass is 9.96. The number of likely N-dealkylation sites (tertiary alicyclic amines) is 1. The number of nitrogens with one attached hydrogen (secondary N) is 1. The summed E-state index contributed by atoms with van der Waals surface area (Å²) in [6.07, 6.45) is 1.59. The Balaban J connectivity index is 1.25. The molecule has 8 nitrogen and oxygen atoms in total. The van der Waals surface area contributed by atoms with Crippen molar-refractivity contribution >= 4 is 15.9 Å². The second kappa shape index (κ2) is 9.62. The largest absolute Gasteiger partial charge is 0.343 e. The van der Waals surface area contributed by atoms with Crippen LogP contribution in [0.5, 0.6) is 0 Å². The van der Waals surface area contributed by atoms with Gasteiger partial charge in [-0.05, 0) is 31.9 Å². The van der Waals surface area contributed by atoms with E-state index in [-0.39, 0.29) is 29.7 Å². The summed E-state index contributed by atoms with van der Waals surface area (Å²) in [7, 11) is -3.62. The molecule has 1 amide bonds. The molecule has 1 N–H and O–H groups in total. The Morgan fingerprint density at radius 2 is 1.78 bits per heavy atom. The third kappa shape index (κ3) is 5.23. The molecule has 1 fully saturated rings. The number of hydrogen-bond acceptors (Lipinski definition) is 6. The van der Waals surface area contributed by atoms with Crippen molar-refractivity contribution in [2.45, 2.75) is 37.0 Å². The fraction of sp³-hybridized carbons (Fsp3) is 0.348. The van der Waals surface area contributed by atoms with Gasteiger partial charge in [-0.15, -0.1) is 0 Å². The molecule has 0 spiro atoms. The molecular formula is C23H26N4O4S. The minimum absolute atomic E-state index is 0.0643. The lowest BCUT2D eigenvalue weighted by Gasteiger charge is -2.30. The van der Waals surface area contributed by atoms with E-state index in [2.05, 4.69) is 14.9 Å². The summed E-state index contributed by atoms with van der Waals surface area (Å²) in [5.74, 6) is 1.22. The highest BCUT2D eigenvalue weighted by Crippen LogP contribution is 2.28. The molecule has 2 heterocycles. The fourth-order valence-corrected chi connectivity index (χ4v) is 4.76. The number of rotatable bonds is 7. The molecule has 3 aromatic rings. The summed E-state index contributed by atoms with van der Waals surface area (Å²) < 4.78 is 32.7. The number of carbonyl (C=O) groups is 1. The van der Waals surface area contributed by atoms with Crippen LogP contribution in [0, 0.1) is 6.92 Å². The van der Waals surface area contributed by atoms with Crippen LogP contribution in [0.1, 0.15) is 36.6 Å². The van der Waals surface area contributed by atoms with Crippen molar-refractivity contribution < 1.29 is 17.7 Å². The van der Waals surface area contributed by atoms with E-state index in [9.17, 15) is 13.2 Å². The average Bonchev–Trinajstić information content (AvgIpc) is 3.30. The number of benzene rings is 2. The Morgan fingerprint density at radius 3 is 2.47 bits per heavy atom. The molecule has 168 valence electrons. The minimum atomic E-state index is -3.62. The van der Waals surface area contributed by atoms with Crippen LogP contribution >= 0.6 is 0 Å². The molecule has 0 saturated carbocycles. The average molecular weight is 455 g/mol. The van der Waals surface area contributed by atoms with Crippen molar-refractivity contribution in [2.24, 2.45) is 0 Å². The molecule has 4 rings (SSSR count). The maximum absolute atomic E-state index is 12.5. The predicted molar refractivity (Wildman–Crippen MR) is 119 cm³/mol. The van der Waals surface area contributed by atoms with E-state index in [4.69, 9.17) is 4.52 Å². The van der Waals surface area contributed by atoms with Crippen LogP contribution in [-0.4, -0.2) is 49.0 Å².